The molecule has 2 nitrogen and oxygen atoms in total. The van der Waals surface area contributed by atoms with E-state index in [1.165, 1.54) is 17.6 Å². The molecule has 0 saturated heterocycles. The zero-order valence-corrected chi connectivity index (χ0v) is 15.9. The van der Waals surface area contributed by atoms with E-state index in [9.17, 15) is 5.11 Å². The fourth-order valence-corrected chi connectivity index (χ4v) is 4.44. The van der Waals surface area contributed by atoms with Gasteiger partial charge in [-0.3, -0.25) is 0 Å². The molecule has 0 amide bonds. The summed E-state index contributed by atoms with van der Waals surface area (Å²) < 4.78 is 6.38. The molecule has 0 aromatic heterocycles. The highest BCUT2D eigenvalue weighted by atomic mass is 16.5. The van der Waals surface area contributed by atoms with Gasteiger partial charge in [0.25, 0.3) is 0 Å². The van der Waals surface area contributed by atoms with E-state index < -0.39 is 0 Å². The second-order valence-corrected chi connectivity index (χ2v) is 8.70. The van der Waals surface area contributed by atoms with E-state index in [2.05, 4.69) is 46.8 Å². The van der Waals surface area contributed by atoms with Crippen molar-refractivity contribution in [3.63, 3.8) is 0 Å². The Morgan fingerprint density at radius 2 is 2.04 bits per heavy atom. The van der Waals surface area contributed by atoms with Crippen molar-refractivity contribution >= 4 is 0 Å². The van der Waals surface area contributed by atoms with E-state index in [1.54, 1.807) is 0 Å². The molecular formula is C22H32O2. The Kier molecular flexibility index (Phi) is 4.68. The molecule has 24 heavy (non-hydrogen) atoms. The van der Waals surface area contributed by atoms with Gasteiger partial charge in [0.15, 0.2) is 0 Å². The van der Waals surface area contributed by atoms with Crippen molar-refractivity contribution in [1.29, 1.82) is 0 Å². The molecule has 2 atom stereocenters. The summed E-state index contributed by atoms with van der Waals surface area (Å²) in [5.41, 5.74) is 3.45. The highest BCUT2D eigenvalue weighted by Crippen LogP contribution is 2.53. The van der Waals surface area contributed by atoms with Gasteiger partial charge in [0.05, 0.1) is 0 Å². The van der Waals surface area contributed by atoms with Crippen molar-refractivity contribution in [2.45, 2.75) is 78.2 Å². The molecular weight excluding hydrogens is 296 g/mol. The first kappa shape index (κ1) is 17.4. The summed E-state index contributed by atoms with van der Waals surface area (Å²) in [5, 5.41) is 10.7. The number of phenols is 1. The van der Waals surface area contributed by atoms with Gasteiger partial charge in [0, 0.05) is 17.4 Å². The van der Waals surface area contributed by atoms with Gasteiger partial charge >= 0.3 is 0 Å². The molecule has 0 bridgehead atoms. The predicted molar refractivity (Wildman–Crippen MR) is 99.8 cm³/mol. The number of allylic oxidation sites excluding steroid dienone is 2. The van der Waals surface area contributed by atoms with Crippen LogP contribution in [-0.4, -0.2) is 10.7 Å². The molecule has 2 aliphatic rings. The van der Waals surface area contributed by atoms with Crippen LogP contribution in [0, 0.1) is 11.8 Å². The second-order valence-electron chi connectivity index (χ2n) is 8.70. The van der Waals surface area contributed by atoms with Crippen LogP contribution in [0.15, 0.2) is 23.8 Å². The molecule has 1 N–H and O–H groups in total. The van der Waals surface area contributed by atoms with E-state index in [0.29, 0.717) is 11.7 Å². The number of aryl methyl sites for hydroxylation is 1. The molecule has 0 unspecified atom stereocenters. The number of phenolic OH excluding ortho intramolecular Hbond substituents is 1. The average molecular weight is 328 g/mol. The first-order valence-corrected chi connectivity index (χ1v) is 9.50. The SMILES string of the molecule is CC1=C[C@H]2c3c(O)cc(CCCC(C)C)cc3OC(C)(C)[C@@H]2CC1. The topological polar surface area (TPSA) is 29.5 Å². The number of hydrogen-bond donors (Lipinski definition) is 1. The Morgan fingerprint density at radius 3 is 2.75 bits per heavy atom. The van der Waals surface area contributed by atoms with Crippen LogP contribution in [0.3, 0.4) is 0 Å². The van der Waals surface area contributed by atoms with Crippen molar-refractivity contribution < 1.29 is 9.84 Å². The lowest BCUT2D eigenvalue weighted by Crippen LogP contribution is -2.45. The van der Waals surface area contributed by atoms with E-state index in [-0.39, 0.29) is 11.5 Å². The number of benzene rings is 1. The van der Waals surface area contributed by atoms with Gasteiger partial charge in [-0.05, 0) is 70.1 Å². The second kappa shape index (κ2) is 6.46. The minimum absolute atomic E-state index is 0.183. The molecule has 0 fully saturated rings. The standard InChI is InChI=1S/C22H32O2/c1-14(2)7-6-8-16-12-19(23)21-17-11-15(3)9-10-18(17)22(4,5)24-20(21)13-16/h11-14,17-18,23H,6-10H2,1-5H3/t17-,18-/m1/s1. The Morgan fingerprint density at radius 1 is 1.29 bits per heavy atom. The largest absolute Gasteiger partial charge is 0.507 e. The van der Waals surface area contributed by atoms with Crippen molar-refractivity contribution in [1.82, 2.24) is 0 Å². The van der Waals surface area contributed by atoms with Gasteiger partial charge in [-0.15, -0.1) is 0 Å². The maximum absolute atomic E-state index is 10.7. The van der Waals surface area contributed by atoms with Crippen LogP contribution >= 0.6 is 0 Å². The van der Waals surface area contributed by atoms with Crippen LogP contribution < -0.4 is 4.74 Å². The summed E-state index contributed by atoms with van der Waals surface area (Å²) >= 11 is 0. The first-order chi connectivity index (χ1) is 11.3. The van der Waals surface area contributed by atoms with Crippen molar-refractivity contribution in [3.8, 4) is 11.5 Å². The molecule has 2 heteroatoms. The zero-order valence-electron chi connectivity index (χ0n) is 15.9. The fraction of sp³-hybridized carbons (Fsp3) is 0.636. The fourth-order valence-electron chi connectivity index (χ4n) is 4.44. The van der Waals surface area contributed by atoms with Crippen molar-refractivity contribution in [2.75, 3.05) is 0 Å². The Hall–Kier alpha value is -1.44. The Labute approximate surface area is 146 Å². The Bertz CT molecular complexity index is 640. The molecule has 1 aromatic carbocycles. The van der Waals surface area contributed by atoms with Gasteiger partial charge in [0.2, 0.25) is 0 Å². The van der Waals surface area contributed by atoms with Crippen LogP contribution in [0.4, 0.5) is 0 Å². The summed E-state index contributed by atoms with van der Waals surface area (Å²) in [5.74, 6) is 2.76. The summed E-state index contributed by atoms with van der Waals surface area (Å²) in [7, 11) is 0. The van der Waals surface area contributed by atoms with Crippen LogP contribution in [0.5, 0.6) is 11.5 Å². The molecule has 1 aliphatic carbocycles. The van der Waals surface area contributed by atoms with Gasteiger partial charge in [-0.2, -0.15) is 0 Å². The highest BCUT2D eigenvalue weighted by molar-refractivity contribution is 5.53. The number of rotatable bonds is 4. The normalized spacial score (nSPS) is 24.8. The third-order valence-corrected chi connectivity index (χ3v) is 5.77. The Balaban J connectivity index is 1.94. The quantitative estimate of drug-likeness (QED) is 0.689. The third kappa shape index (κ3) is 3.34. The summed E-state index contributed by atoms with van der Waals surface area (Å²) in [4.78, 5) is 0. The zero-order chi connectivity index (χ0) is 17.5. The minimum atomic E-state index is -0.183. The predicted octanol–water partition coefficient (Wildman–Crippen LogP) is 5.98. The van der Waals surface area contributed by atoms with Crippen LogP contribution in [0.25, 0.3) is 0 Å². The van der Waals surface area contributed by atoms with E-state index in [1.807, 2.05) is 6.07 Å². The lowest BCUT2D eigenvalue weighted by Gasteiger charge is -2.46. The maximum atomic E-state index is 10.7. The van der Waals surface area contributed by atoms with Gasteiger partial charge < -0.3 is 9.84 Å². The third-order valence-electron chi connectivity index (χ3n) is 5.77. The molecule has 0 spiro atoms. The summed E-state index contributed by atoms with van der Waals surface area (Å²) in [6.45, 7) is 11.1. The summed E-state index contributed by atoms with van der Waals surface area (Å²) in [6.07, 6.45) is 8.01. The molecule has 1 aliphatic heterocycles. The lowest BCUT2D eigenvalue weighted by molar-refractivity contribution is 0.0107. The molecule has 0 radical (unpaired) electrons. The number of ether oxygens (including phenoxy) is 1. The van der Waals surface area contributed by atoms with Crippen molar-refractivity contribution in [2.24, 2.45) is 11.8 Å². The number of aromatic hydroxyl groups is 1. The number of fused-ring (bicyclic) bond motifs is 3. The van der Waals surface area contributed by atoms with Crippen molar-refractivity contribution in [3.05, 3.63) is 34.9 Å². The monoisotopic (exact) mass is 328 g/mol. The molecule has 0 saturated carbocycles. The van der Waals surface area contributed by atoms with E-state index in [4.69, 9.17) is 4.74 Å². The molecule has 132 valence electrons. The van der Waals surface area contributed by atoms with Crippen LogP contribution in [0.1, 0.15) is 77.3 Å². The van der Waals surface area contributed by atoms with Gasteiger partial charge in [-0.25, -0.2) is 0 Å². The van der Waals surface area contributed by atoms with E-state index >= 15 is 0 Å². The maximum Gasteiger partial charge on any atom is 0.127 e. The average Bonchev–Trinajstić information content (AvgIpc) is 2.45. The lowest BCUT2D eigenvalue weighted by atomic mass is 9.68. The molecule has 1 aromatic rings. The van der Waals surface area contributed by atoms with Gasteiger partial charge in [0.1, 0.15) is 17.1 Å². The first-order valence-electron chi connectivity index (χ1n) is 9.50. The molecule has 3 rings (SSSR count). The van der Waals surface area contributed by atoms with Crippen LogP contribution in [0.2, 0.25) is 0 Å². The van der Waals surface area contributed by atoms with E-state index in [0.717, 1.165) is 42.9 Å². The highest BCUT2D eigenvalue weighted by Gasteiger charge is 2.45. The minimum Gasteiger partial charge on any atom is -0.507 e. The van der Waals surface area contributed by atoms with Gasteiger partial charge in [-0.1, -0.05) is 31.9 Å². The van der Waals surface area contributed by atoms with Crippen LogP contribution in [-0.2, 0) is 6.42 Å². The summed E-state index contributed by atoms with van der Waals surface area (Å²) in [6, 6.07) is 4.14. The smallest absolute Gasteiger partial charge is 0.127 e. The molecule has 1 heterocycles. The number of hydrogen-bond acceptors (Lipinski definition) is 2.